The van der Waals surface area contributed by atoms with Crippen molar-refractivity contribution in [1.29, 1.82) is 0 Å². The Morgan fingerprint density at radius 3 is 2.39 bits per heavy atom. The minimum Gasteiger partial charge on any atom is -0.462 e. The van der Waals surface area contributed by atoms with Gasteiger partial charge in [-0.15, -0.1) is 12.4 Å². The van der Waals surface area contributed by atoms with Crippen molar-refractivity contribution < 1.29 is 14.6 Å². The first-order chi connectivity index (χ1) is 10.6. The highest BCUT2D eigenvalue weighted by molar-refractivity contribution is 5.85. The smallest absolute Gasteiger partial charge is 0.314 e. The van der Waals surface area contributed by atoms with E-state index in [4.69, 9.17) is 4.74 Å². The summed E-state index contributed by atoms with van der Waals surface area (Å²) in [6.45, 7) is 5.78. The summed E-state index contributed by atoms with van der Waals surface area (Å²) in [5.41, 5.74) is 0.162. The molecule has 0 radical (unpaired) electrons. The highest BCUT2D eigenvalue weighted by Gasteiger charge is 2.35. The van der Waals surface area contributed by atoms with Gasteiger partial charge in [-0.1, -0.05) is 57.0 Å². The Morgan fingerprint density at radius 2 is 1.87 bits per heavy atom. The molecule has 0 saturated heterocycles. The minimum atomic E-state index is -0.875. The Kier molecular flexibility index (Phi) is 10.9. The average molecular weight is 343 g/mol. The van der Waals surface area contributed by atoms with Crippen LogP contribution in [-0.4, -0.2) is 23.8 Å². The SMILES string of the molecule is CCCCCC(CC)OC(=O)C(C)(CO)Cc1ccccc1.Cl. The van der Waals surface area contributed by atoms with Gasteiger partial charge in [0.1, 0.15) is 6.10 Å². The molecule has 0 aliphatic heterocycles. The predicted octanol–water partition coefficient (Wildman–Crippen LogP) is 4.55. The van der Waals surface area contributed by atoms with Crippen LogP contribution >= 0.6 is 12.4 Å². The van der Waals surface area contributed by atoms with Gasteiger partial charge in [-0.3, -0.25) is 4.79 Å². The molecule has 2 atom stereocenters. The third kappa shape index (κ3) is 7.36. The van der Waals surface area contributed by atoms with Gasteiger partial charge in [0.15, 0.2) is 0 Å². The molecule has 0 fully saturated rings. The van der Waals surface area contributed by atoms with Crippen LogP contribution in [0.1, 0.15) is 58.4 Å². The Labute approximate surface area is 146 Å². The summed E-state index contributed by atoms with van der Waals surface area (Å²) < 4.78 is 5.68. The van der Waals surface area contributed by atoms with E-state index in [1.165, 1.54) is 0 Å². The second kappa shape index (κ2) is 11.5. The van der Waals surface area contributed by atoms with Crippen LogP contribution in [0.15, 0.2) is 30.3 Å². The Bertz CT molecular complexity index is 436. The highest BCUT2D eigenvalue weighted by Crippen LogP contribution is 2.26. The highest BCUT2D eigenvalue weighted by atomic mass is 35.5. The number of unbranched alkanes of at least 4 members (excludes halogenated alkanes) is 2. The lowest BCUT2D eigenvalue weighted by atomic mass is 9.84. The van der Waals surface area contributed by atoms with Crippen molar-refractivity contribution in [3.63, 3.8) is 0 Å². The molecule has 0 bridgehead atoms. The summed E-state index contributed by atoms with van der Waals surface area (Å²) in [6.07, 6.45) is 5.58. The molecule has 3 nitrogen and oxygen atoms in total. The number of benzene rings is 1. The molecule has 0 spiro atoms. The molecule has 2 unspecified atom stereocenters. The van der Waals surface area contributed by atoms with Crippen molar-refractivity contribution in [2.24, 2.45) is 5.41 Å². The summed E-state index contributed by atoms with van der Waals surface area (Å²) in [5, 5.41) is 9.72. The maximum atomic E-state index is 12.5. The van der Waals surface area contributed by atoms with Crippen molar-refractivity contribution in [2.75, 3.05) is 6.61 Å². The zero-order valence-corrected chi connectivity index (χ0v) is 15.4. The van der Waals surface area contributed by atoms with E-state index in [9.17, 15) is 9.90 Å². The fourth-order valence-electron chi connectivity index (χ4n) is 2.50. The molecular weight excluding hydrogens is 312 g/mol. The van der Waals surface area contributed by atoms with Crippen LogP contribution in [0.4, 0.5) is 0 Å². The predicted molar refractivity (Wildman–Crippen MR) is 96.9 cm³/mol. The Hall–Kier alpha value is -1.06. The van der Waals surface area contributed by atoms with Crippen LogP contribution in [0.3, 0.4) is 0 Å². The molecule has 132 valence electrons. The third-order valence-electron chi connectivity index (χ3n) is 4.14. The summed E-state index contributed by atoms with van der Waals surface area (Å²) in [6, 6.07) is 9.77. The maximum Gasteiger partial charge on any atom is 0.314 e. The Balaban J connectivity index is 0.00000484. The maximum absolute atomic E-state index is 12.5. The van der Waals surface area contributed by atoms with Crippen LogP contribution in [0.5, 0.6) is 0 Å². The second-order valence-corrected chi connectivity index (χ2v) is 6.31. The van der Waals surface area contributed by atoms with E-state index in [1.54, 1.807) is 6.92 Å². The van der Waals surface area contributed by atoms with Crippen LogP contribution in [-0.2, 0) is 16.0 Å². The number of hydrogen-bond donors (Lipinski definition) is 1. The van der Waals surface area contributed by atoms with E-state index in [0.717, 1.165) is 37.7 Å². The number of hydrogen-bond acceptors (Lipinski definition) is 3. The van der Waals surface area contributed by atoms with E-state index in [2.05, 4.69) is 6.92 Å². The number of halogens is 1. The zero-order valence-electron chi connectivity index (χ0n) is 14.6. The van der Waals surface area contributed by atoms with Crippen molar-refractivity contribution in [1.82, 2.24) is 0 Å². The topological polar surface area (TPSA) is 46.5 Å². The molecular formula is C19H31ClO3. The first kappa shape index (κ1) is 21.9. The van der Waals surface area contributed by atoms with Crippen LogP contribution in [0.2, 0.25) is 0 Å². The summed E-state index contributed by atoms with van der Waals surface area (Å²) >= 11 is 0. The van der Waals surface area contributed by atoms with Crippen molar-refractivity contribution in [2.45, 2.75) is 65.4 Å². The summed E-state index contributed by atoms with van der Waals surface area (Å²) in [7, 11) is 0. The van der Waals surface area contributed by atoms with Gasteiger partial charge in [0, 0.05) is 0 Å². The van der Waals surface area contributed by atoms with Crippen LogP contribution in [0, 0.1) is 5.41 Å². The fraction of sp³-hybridized carbons (Fsp3) is 0.632. The monoisotopic (exact) mass is 342 g/mol. The Morgan fingerprint density at radius 1 is 1.22 bits per heavy atom. The van der Waals surface area contributed by atoms with Crippen molar-refractivity contribution in [3.8, 4) is 0 Å². The molecule has 0 heterocycles. The number of esters is 1. The molecule has 1 N–H and O–H groups in total. The molecule has 1 rings (SSSR count). The number of rotatable bonds is 10. The van der Waals surface area contributed by atoms with E-state index in [0.29, 0.717) is 6.42 Å². The minimum absolute atomic E-state index is 0. The van der Waals surface area contributed by atoms with Gasteiger partial charge in [0.05, 0.1) is 12.0 Å². The van der Waals surface area contributed by atoms with Crippen molar-refractivity contribution >= 4 is 18.4 Å². The first-order valence-electron chi connectivity index (χ1n) is 8.41. The summed E-state index contributed by atoms with van der Waals surface area (Å²) in [5.74, 6) is -0.290. The molecule has 23 heavy (non-hydrogen) atoms. The lowest BCUT2D eigenvalue weighted by molar-refractivity contribution is -0.163. The van der Waals surface area contributed by atoms with Gasteiger partial charge in [0.25, 0.3) is 0 Å². The third-order valence-corrected chi connectivity index (χ3v) is 4.14. The van der Waals surface area contributed by atoms with Crippen molar-refractivity contribution in [3.05, 3.63) is 35.9 Å². The fourth-order valence-corrected chi connectivity index (χ4v) is 2.50. The summed E-state index contributed by atoms with van der Waals surface area (Å²) in [4.78, 5) is 12.5. The molecule has 4 heteroatoms. The number of carbonyl (C=O) groups excluding carboxylic acids is 1. The normalized spacial score (nSPS) is 14.4. The van der Waals surface area contributed by atoms with Gasteiger partial charge >= 0.3 is 5.97 Å². The van der Waals surface area contributed by atoms with E-state index >= 15 is 0 Å². The van der Waals surface area contributed by atoms with Gasteiger partial charge in [-0.25, -0.2) is 0 Å². The van der Waals surface area contributed by atoms with Gasteiger partial charge in [-0.2, -0.15) is 0 Å². The van der Waals surface area contributed by atoms with Gasteiger partial charge in [0.2, 0.25) is 0 Å². The van der Waals surface area contributed by atoms with E-state index < -0.39 is 5.41 Å². The van der Waals surface area contributed by atoms with Gasteiger partial charge in [-0.05, 0) is 38.2 Å². The molecule has 1 aromatic carbocycles. The lowest BCUT2D eigenvalue weighted by Crippen LogP contribution is -2.38. The van der Waals surface area contributed by atoms with Crippen LogP contribution < -0.4 is 0 Å². The molecule has 0 aliphatic carbocycles. The zero-order chi connectivity index (χ0) is 16.4. The van der Waals surface area contributed by atoms with Gasteiger partial charge < -0.3 is 9.84 Å². The number of aliphatic hydroxyl groups is 1. The standard InChI is InChI=1S/C19H30O3.ClH/c1-4-6-8-13-17(5-2)22-18(21)19(3,15-20)14-16-11-9-7-10-12-16;/h7,9-12,17,20H,4-6,8,13-15H2,1-3H3;1H. The first-order valence-corrected chi connectivity index (χ1v) is 8.41. The molecule has 0 aliphatic rings. The lowest BCUT2D eigenvalue weighted by Gasteiger charge is -2.28. The second-order valence-electron chi connectivity index (χ2n) is 6.31. The molecule has 1 aromatic rings. The van der Waals surface area contributed by atoms with Crippen LogP contribution in [0.25, 0.3) is 0 Å². The van der Waals surface area contributed by atoms with E-state index in [-0.39, 0.29) is 31.1 Å². The largest absolute Gasteiger partial charge is 0.462 e. The number of carbonyl (C=O) groups is 1. The molecule has 0 saturated carbocycles. The number of ether oxygens (including phenoxy) is 1. The average Bonchev–Trinajstić information content (AvgIpc) is 2.54. The number of aliphatic hydroxyl groups excluding tert-OH is 1. The molecule has 0 amide bonds. The quantitative estimate of drug-likeness (QED) is 0.501. The van der Waals surface area contributed by atoms with E-state index in [1.807, 2.05) is 37.3 Å². The molecule has 0 aromatic heterocycles.